The molecule has 0 aromatic carbocycles. The molecule has 1 atom stereocenters. The largest absolute Gasteiger partial charge is 0.389 e. The first-order valence-electron chi connectivity index (χ1n) is 5.22. The Labute approximate surface area is 83.3 Å². The zero-order valence-corrected chi connectivity index (χ0v) is 8.61. The second-order valence-corrected chi connectivity index (χ2v) is 4.27. The Bertz CT molecular complexity index is 167. The molecule has 0 N–H and O–H groups in total. The molecule has 84 valence electrons. The van der Waals surface area contributed by atoms with Gasteiger partial charge >= 0.3 is 6.18 Å². The van der Waals surface area contributed by atoms with Crippen molar-refractivity contribution in [1.29, 1.82) is 0 Å². The Morgan fingerprint density at radius 3 is 2.50 bits per heavy atom. The van der Waals surface area contributed by atoms with Crippen LogP contribution in [0, 0.1) is 5.92 Å². The van der Waals surface area contributed by atoms with Crippen molar-refractivity contribution >= 4 is 0 Å². The molecular weight excluding hydrogens is 191 g/mol. The van der Waals surface area contributed by atoms with Crippen LogP contribution in [0.5, 0.6) is 0 Å². The summed E-state index contributed by atoms with van der Waals surface area (Å²) in [7, 11) is 1.98. The number of likely N-dealkylation sites (tertiary alicyclic amines) is 1. The van der Waals surface area contributed by atoms with E-state index in [-0.39, 0.29) is 5.92 Å². The van der Waals surface area contributed by atoms with Crippen molar-refractivity contribution in [2.45, 2.75) is 38.3 Å². The first-order chi connectivity index (χ1) is 6.47. The molecule has 1 unspecified atom stereocenters. The first-order valence-corrected chi connectivity index (χ1v) is 5.22. The van der Waals surface area contributed by atoms with Gasteiger partial charge in [0.15, 0.2) is 0 Å². The highest BCUT2D eigenvalue weighted by molar-refractivity contribution is 4.69. The zero-order chi connectivity index (χ0) is 10.6. The molecule has 1 rings (SSSR count). The Morgan fingerprint density at radius 2 is 1.86 bits per heavy atom. The van der Waals surface area contributed by atoms with Crippen LogP contribution in [-0.2, 0) is 0 Å². The van der Waals surface area contributed by atoms with E-state index in [0.29, 0.717) is 6.42 Å². The summed E-state index contributed by atoms with van der Waals surface area (Å²) in [5.41, 5.74) is 0. The summed E-state index contributed by atoms with van der Waals surface area (Å²) in [6.07, 6.45) is -1.18. The number of hydrogen-bond donors (Lipinski definition) is 0. The molecule has 1 fully saturated rings. The normalized spacial score (nSPS) is 27.0. The minimum atomic E-state index is -3.98. The van der Waals surface area contributed by atoms with E-state index in [9.17, 15) is 13.2 Å². The van der Waals surface area contributed by atoms with Crippen LogP contribution in [0.2, 0.25) is 0 Å². The van der Waals surface area contributed by atoms with Crippen LogP contribution in [-0.4, -0.2) is 31.2 Å². The molecule has 1 aliphatic rings. The van der Waals surface area contributed by atoms with Gasteiger partial charge in [0.05, 0.1) is 0 Å². The number of hydrogen-bond acceptors (Lipinski definition) is 1. The zero-order valence-electron chi connectivity index (χ0n) is 8.61. The lowest BCUT2D eigenvalue weighted by Crippen LogP contribution is -2.27. The highest BCUT2D eigenvalue weighted by Gasteiger charge is 2.31. The van der Waals surface area contributed by atoms with Crippen molar-refractivity contribution in [3.05, 3.63) is 0 Å². The van der Waals surface area contributed by atoms with E-state index in [4.69, 9.17) is 0 Å². The van der Waals surface area contributed by atoms with Gasteiger partial charge in [-0.2, -0.15) is 13.2 Å². The third kappa shape index (κ3) is 4.84. The molecule has 0 aliphatic carbocycles. The quantitative estimate of drug-likeness (QED) is 0.641. The Morgan fingerprint density at radius 1 is 1.14 bits per heavy atom. The predicted octanol–water partition coefficient (Wildman–Crippen LogP) is 3.06. The average molecular weight is 209 g/mol. The third-order valence-electron chi connectivity index (χ3n) is 2.84. The first kappa shape index (κ1) is 11.8. The van der Waals surface area contributed by atoms with Gasteiger partial charge in [0.25, 0.3) is 0 Å². The van der Waals surface area contributed by atoms with Crippen molar-refractivity contribution in [3.63, 3.8) is 0 Å². The van der Waals surface area contributed by atoms with Gasteiger partial charge in [-0.25, -0.2) is 0 Å². The molecule has 0 saturated carbocycles. The molecule has 1 heterocycles. The molecular formula is C10H18F3N. The van der Waals surface area contributed by atoms with E-state index >= 15 is 0 Å². The highest BCUT2D eigenvalue weighted by Crippen LogP contribution is 2.30. The van der Waals surface area contributed by atoms with Crippen LogP contribution < -0.4 is 0 Å². The van der Waals surface area contributed by atoms with E-state index < -0.39 is 12.6 Å². The lowest BCUT2D eigenvalue weighted by atomic mass is 9.93. The van der Waals surface area contributed by atoms with Gasteiger partial charge in [-0.15, -0.1) is 0 Å². The smallest absolute Gasteiger partial charge is 0.306 e. The van der Waals surface area contributed by atoms with Gasteiger partial charge < -0.3 is 4.90 Å². The number of nitrogens with zero attached hydrogens (tertiary/aromatic N) is 1. The maximum atomic E-state index is 12.2. The summed E-state index contributed by atoms with van der Waals surface area (Å²) < 4.78 is 36.5. The second kappa shape index (κ2) is 5.01. The SMILES string of the molecule is CN1CCCCC(CC(F)(F)F)CC1. The highest BCUT2D eigenvalue weighted by atomic mass is 19.4. The van der Waals surface area contributed by atoms with Crippen LogP contribution in [0.3, 0.4) is 0 Å². The van der Waals surface area contributed by atoms with E-state index in [0.717, 1.165) is 32.4 Å². The average Bonchev–Trinajstić information content (AvgIpc) is 2.02. The molecule has 0 aromatic rings. The maximum Gasteiger partial charge on any atom is 0.389 e. The topological polar surface area (TPSA) is 3.24 Å². The van der Waals surface area contributed by atoms with Gasteiger partial charge in [0, 0.05) is 6.42 Å². The predicted molar refractivity (Wildman–Crippen MR) is 50.1 cm³/mol. The Balaban J connectivity index is 2.36. The summed E-state index contributed by atoms with van der Waals surface area (Å²) in [5, 5.41) is 0. The molecule has 1 aliphatic heterocycles. The standard InChI is InChI=1S/C10H18F3N/c1-14-6-3-2-4-9(5-7-14)8-10(11,12)13/h9H,2-8H2,1H3. The van der Waals surface area contributed by atoms with Crippen LogP contribution in [0.4, 0.5) is 13.2 Å². The van der Waals surface area contributed by atoms with E-state index in [1.54, 1.807) is 0 Å². The molecule has 0 amide bonds. The minimum absolute atomic E-state index is 0.155. The maximum absolute atomic E-state index is 12.2. The van der Waals surface area contributed by atoms with Gasteiger partial charge in [-0.05, 0) is 38.9 Å². The van der Waals surface area contributed by atoms with E-state index in [1.807, 2.05) is 7.05 Å². The molecule has 1 nitrogen and oxygen atoms in total. The fourth-order valence-corrected chi connectivity index (χ4v) is 2.01. The number of rotatable bonds is 1. The molecule has 0 radical (unpaired) electrons. The van der Waals surface area contributed by atoms with Gasteiger partial charge in [-0.3, -0.25) is 0 Å². The van der Waals surface area contributed by atoms with Crippen molar-refractivity contribution in [1.82, 2.24) is 4.90 Å². The molecule has 0 bridgehead atoms. The molecule has 0 spiro atoms. The second-order valence-electron chi connectivity index (χ2n) is 4.27. The van der Waals surface area contributed by atoms with Crippen molar-refractivity contribution in [3.8, 4) is 0 Å². The summed E-state index contributed by atoms with van der Waals surface area (Å²) in [5.74, 6) is -0.155. The Hall–Kier alpha value is -0.250. The van der Waals surface area contributed by atoms with Crippen molar-refractivity contribution in [2.24, 2.45) is 5.92 Å². The van der Waals surface area contributed by atoms with Crippen LogP contribution in [0.25, 0.3) is 0 Å². The van der Waals surface area contributed by atoms with Gasteiger partial charge in [-0.1, -0.05) is 12.8 Å². The minimum Gasteiger partial charge on any atom is -0.306 e. The van der Waals surface area contributed by atoms with E-state index in [1.165, 1.54) is 0 Å². The number of alkyl halides is 3. The molecule has 0 aromatic heterocycles. The summed E-state index contributed by atoms with van der Waals surface area (Å²) >= 11 is 0. The van der Waals surface area contributed by atoms with Gasteiger partial charge in [0.1, 0.15) is 0 Å². The number of halogens is 3. The molecule has 14 heavy (non-hydrogen) atoms. The van der Waals surface area contributed by atoms with Crippen LogP contribution in [0.1, 0.15) is 32.1 Å². The van der Waals surface area contributed by atoms with Gasteiger partial charge in [0.2, 0.25) is 0 Å². The third-order valence-corrected chi connectivity index (χ3v) is 2.84. The van der Waals surface area contributed by atoms with Crippen molar-refractivity contribution in [2.75, 3.05) is 20.1 Å². The summed E-state index contributed by atoms with van der Waals surface area (Å²) in [4.78, 5) is 2.13. The lowest BCUT2D eigenvalue weighted by molar-refractivity contribution is -0.146. The fraction of sp³-hybridized carbons (Fsp3) is 1.00. The van der Waals surface area contributed by atoms with Crippen LogP contribution >= 0.6 is 0 Å². The summed E-state index contributed by atoms with van der Waals surface area (Å²) in [6, 6.07) is 0. The molecule has 1 saturated heterocycles. The summed E-state index contributed by atoms with van der Waals surface area (Å²) in [6.45, 7) is 1.83. The fourth-order valence-electron chi connectivity index (χ4n) is 2.01. The molecule has 4 heteroatoms. The van der Waals surface area contributed by atoms with Crippen LogP contribution in [0.15, 0.2) is 0 Å². The van der Waals surface area contributed by atoms with Crippen molar-refractivity contribution < 1.29 is 13.2 Å². The van der Waals surface area contributed by atoms with E-state index in [2.05, 4.69) is 4.90 Å². The monoisotopic (exact) mass is 209 g/mol. The Kier molecular flexibility index (Phi) is 4.23. The lowest BCUT2D eigenvalue weighted by Gasteiger charge is -2.25.